The van der Waals surface area contributed by atoms with Gasteiger partial charge in [-0.1, -0.05) is 44.2 Å². The number of rotatable bonds is 2. The molecule has 2 heterocycles. The second kappa shape index (κ2) is 7.71. The van der Waals surface area contributed by atoms with Gasteiger partial charge in [0.2, 0.25) is 0 Å². The van der Waals surface area contributed by atoms with E-state index in [-0.39, 0.29) is 17.2 Å². The fourth-order valence-corrected chi connectivity index (χ4v) is 4.63. The van der Waals surface area contributed by atoms with E-state index >= 15 is 0 Å². The summed E-state index contributed by atoms with van der Waals surface area (Å²) in [5, 5.41) is 6.47. The summed E-state index contributed by atoms with van der Waals surface area (Å²) in [5.41, 5.74) is 3.39. The van der Waals surface area contributed by atoms with E-state index in [9.17, 15) is 9.59 Å². The minimum absolute atomic E-state index is 0.0236. The highest BCUT2D eigenvalue weighted by Crippen LogP contribution is 2.48. The Bertz CT molecular complexity index is 1200. The van der Waals surface area contributed by atoms with Crippen LogP contribution in [0.4, 0.5) is 21.9 Å². The number of para-hydroxylation sites is 3. The van der Waals surface area contributed by atoms with Gasteiger partial charge < -0.3 is 15.1 Å². The zero-order chi connectivity index (χ0) is 22.3. The SMILES string of the molecule is CC1(C)CC(=O)C2=C(C1)Nc1ccccc1N(C(=O)Nc1ccccc1)C2c1ccco1. The lowest BCUT2D eigenvalue weighted by Crippen LogP contribution is -2.41. The Hall–Kier alpha value is -3.80. The van der Waals surface area contributed by atoms with Gasteiger partial charge in [0.25, 0.3) is 0 Å². The topological polar surface area (TPSA) is 74.6 Å². The molecule has 5 rings (SSSR count). The van der Waals surface area contributed by atoms with Gasteiger partial charge in [0.1, 0.15) is 11.8 Å². The number of amides is 2. The number of carbonyl (C=O) groups excluding carboxylic acids is 2. The minimum atomic E-state index is -0.677. The van der Waals surface area contributed by atoms with E-state index in [4.69, 9.17) is 4.42 Å². The highest BCUT2D eigenvalue weighted by atomic mass is 16.3. The summed E-state index contributed by atoms with van der Waals surface area (Å²) < 4.78 is 5.79. The van der Waals surface area contributed by atoms with Crippen molar-refractivity contribution >= 4 is 28.9 Å². The molecule has 6 nitrogen and oxygen atoms in total. The molecular formula is C26H25N3O3. The molecule has 1 aromatic heterocycles. The fraction of sp³-hybridized carbons (Fsp3) is 0.231. The van der Waals surface area contributed by atoms with Crippen LogP contribution in [0.5, 0.6) is 0 Å². The van der Waals surface area contributed by atoms with E-state index in [2.05, 4.69) is 24.5 Å². The molecule has 2 aromatic carbocycles. The van der Waals surface area contributed by atoms with Crippen molar-refractivity contribution in [1.29, 1.82) is 0 Å². The van der Waals surface area contributed by atoms with Crippen LogP contribution in [0.15, 0.2) is 88.7 Å². The first-order valence-corrected chi connectivity index (χ1v) is 10.7. The molecular weight excluding hydrogens is 402 g/mol. The first kappa shape index (κ1) is 20.1. The number of hydrogen-bond acceptors (Lipinski definition) is 4. The number of carbonyl (C=O) groups is 2. The molecule has 1 aliphatic carbocycles. The van der Waals surface area contributed by atoms with Gasteiger partial charge in [-0.05, 0) is 48.2 Å². The van der Waals surface area contributed by atoms with Crippen molar-refractivity contribution in [3.8, 4) is 0 Å². The van der Waals surface area contributed by atoms with E-state index in [1.54, 1.807) is 17.2 Å². The highest BCUT2D eigenvalue weighted by Gasteiger charge is 2.44. The summed E-state index contributed by atoms with van der Waals surface area (Å²) in [5.74, 6) is 0.572. The van der Waals surface area contributed by atoms with Crippen LogP contribution in [0, 0.1) is 5.41 Å². The Morgan fingerprint density at radius 2 is 1.78 bits per heavy atom. The quantitative estimate of drug-likeness (QED) is 0.516. The Labute approximate surface area is 186 Å². The van der Waals surface area contributed by atoms with E-state index < -0.39 is 6.04 Å². The Balaban J connectivity index is 1.70. The van der Waals surface area contributed by atoms with Gasteiger partial charge in [-0.3, -0.25) is 9.69 Å². The Morgan fingerprint density at radius 3 is 2.53 bits per heavy atom. The third kappa shape index (κ3) is 3.58. The van der Waals surface area contributed by atoms with Gasteiger partial charge in [-0.25, -0.2) is 4.79 Å². The summed E-state index contributed by atoms with van der Waals surface area (Å²) in [6, 6.07) is 19.5. The van der Waals surface area contributed by atoms with Gasteiger partial charge in [-0.15, -0.1) is 0 Å². The zero-order valence-electron chi connectivity index (χ0n) is 18.1. The van der Waals surface area contributed by atoms with Crippen molar-refractivity contribution < 1.29 is 14.0 Å². The number of allylic oxidation sites excluding steroid dienone is 1. The van der Waals surface area contributed by atoms with Crippen molar-refractivity contribution in [3.05, 3.63) is 90.0 Å². The van der Waals surface area contributed by atoms with E-state index in [0.717, 1.165) is 11.4 Å². The molecule has 0 fully saturated rings. The number of benzene rings is 2. The number of anilines is 3. The Morgan fingerprint density at radius 1 is 1.03 bits per heavy atom. The molecule has 0 radical (unpaired) electrons. The first-order valence-electron chi connectivity index (χ1n) is 10.7. The predicted molar refractivity (Wildman–Crippen MR) is 125 cm³/mol. The zero-order valence-corrected chi connectivity index (χ0v) is 18.1. The molecule has 2 amide bonds. The molecule has 1 unspecified atom stereocenters. The molecule has 1 atom stereocenters. The highest BCUT2D eigenvalue weighted by molar-refractivity contribution is 6.09. The van der Waals surface area contributed by atoms with Crippen LogP contribution in [-0.2, 0) is 4.79 Å². The molecule has 162 valence electrons. The summed E-state index contributed by atoms with van der Waals surface area (Å²) >= 11 is 0. The van der Waals surface area contributed by atoms with Crippen molar-refractivity contribution in [2.75, 3.05) is 15.5 Å². The molecule has 2 N–H and O–H groups in total. The molecule has 2 aliphatic rings. The first-order chi connectivity index (χ1) is 15.4. The van der Waals surface area contributed by atoms with Crippen molar-refractivity contribution in [1.82, 2.24) is 0 Å². The monoisotopic (exact) mass is 427 g/mol. The minimum Gasteiger partial charge on any atom is -0.467 e. The number of Topliss-reactive ketones (excluding diaryl/α,β-unsaturated/α-hetero) is 1. The van der Waals surface area contributed by atoms with Gasteiger partial charge in [-0.2, -0.15) is 0 Å². The third-order valence-corrected chi connectivity index (χ3v) is 5.96. The molecule has 0 saturated carbocycles. The number of hydrogen-bond donors (Lipinski definition) is 2. The average Bonchev–Trinajstić information content (AvgIpc) is 3.23. The Kier molecular flexibility index (Phi) is 4.85. The van der Waals surface area contributed by atoms with Gasteiger partial charge in [0, 0.05) is 23.4 Å². The summed E-state index contributed by atoms with van der Waals surface area (Å²) in [6.07, 6.45) is 2.69. The molecule has 0 bridgehead atoms. The average molecular weight is 428 g/mol. The van der Waals surface area contributed by atoms with Gasteiger partial charge >= 0.3 is 6.03 Å². The molecule has 32 heavy (non-hydrogen) atoms. The summed E-state index contributed by atoms with van der Waals surface area (Å²) in [7, 11) is 0. The summed E-state index contributed by atoms with van der Waals surface area (Å²) in [6.45, 7) is 4.18. The van der Waals surface area contributed by atoms with Crippen LogP contribution in [0.1, 0.15) is 38.5 Å². The maximum absolute atomic E-state index is 13.7. The molecule has 1 aliphatic heterocycles. The lowest BCUT2D eigenvalue weighted by atomic mass is 9.74. The number of nitrogens with one attached hydrogen (secondary N) is 2. The van der Waals surface area contributed by atoms with Crippen molar-refractivity contribution in [2.45, 2.75) is 32.7 Å². The van der Waals surface area contributed by atoms with E-state index in [0.29, 0.717) is 35.5 Å². The number of furan rings is 1. The standard InChI is InChI=1S/C26H25N3O3/c1-26(2)15-19-23(21(30)16-26)24(22-13-8-14-32-22)29(20-12-7-6-11-18(20)28-19)25(31)27-17-9-4-3-5-10-17/h3-14,24,28H,15-16H2,1-2H3,(H,27,31). The van der Waals surface area contributed by atoms with Crippen LogP contribution in [0.2, 0.25) is 0 Å². The van der Waals surface area contributed by atoms with Crippen LogP contribution in [0.3, 0.4) is 0 Å². The smallest absolute Gasteiger partial charge is 0.327 e. The second-order valence-corrected chi connectivity index (χ2v) is 9.06. The number of ketones is 1. The predicted octanol–water partition coefficient (Wildman–Crippen LogP) is 6.13. The third-order valence-electron chi connectivity index (χ3n) is 5.96. The molecule has 0 spiro atoms. The van der Waals surface area contributed by atoms with Crippen LogP contribution >= 0.6 is 0 Å². The molecule has 6 heteroatoms. The molecule has 0 saturated heterocycles. The van der Waals surface area contributed by atoms with Crippen LogP contribution < -0.4 is 15.5 Å². The fourth-order valence-electron chi connectivity index (χ4n) is 4.63. The largest absolute Gasteiger partial charge is 0.467 e. The van der Waals surface area contributed by atoms with E-state index in [1.165, 1.54) is 0 Å². The van der Waals surface area contributed by atoms with Gasteiger partial charge in [0.05, 0.1) is 17.6 Å². The van der Waals surface area contributed by atoms with Crippen LogP contribution in [0.25, 0.3) is 0 Å². The maximum Gasteiger partial charge on any atom is 0.327 e. The lowest BCUT2D eigenvalue weighted by Gasteiger charge is -2.36. The second-order valence-electron chi connectivity index (χ2n) is 9.06. The summed E-state index contributed by atoms with van der Waals surface area (Å²) in [4.78, 5) is 28.8. The van der Waals surface area contributed by atoms with Crippen molar-refractivity contribution in [2.24, 2.45) is 5.41 Å². The van der Waals surface area contributed by atoms with Gasteiger partial charge in [0.15, 0.2) is 5.78 Å². The lowest BCUT2D eigenvalue weighted by molar-refractivity contribution is -0.118. The number of fused-ring (bicyclic) bond motifs is 1. The molecule has 3 aromatic rings. The van der Waals surface area contributed by atoms with Crippen molar-refractivity contribution in [3.63, 3.8) is 0 Å². The number of nitrogens with zero attached hydrogens (tertiary/aromatic N) is 1. The number of urea groups is 1. The normalized spacial score (nSPS) is 19.5. The van der Waals surface area contributed by atoms with E-state index in [1.807, 2.05) is 60.7 Å². The van der Waals surface area contributed by atoms with Crippen LogP contribution in [-0.4, -0.2) is 11.8 Å². The maximum atomic E-state index is 13.7.